The van der Waals surface area contributed by atoms with Crippen LogP contribution in [0.25, 0.3) is 0 Å². The molecule has 1 aliphatic heterocycles. The van der Waals surface area contributed by atoms with E-state index in [2.05, 4.69) is 20.2 Å². The third kappa shape index (κ3) is 3.91. The first-order valence-corrected chi connectivity index (χ1v) is 10.1. The number of ketones is 1. The molecule has 7 heteroatoms. The van der Waals surface area contributed by atoms with Crippen molar-refractivity contribution in [3.05, 3.63) is 63.9 Å². The minimum atomic E-state index is 0.107. The Hall–Kier alpha value is -1.44. The van der Waals surface area contributed by atoms with Gasteiger partial charge in [-0.2, -0.15) is 0 Å². The highest BCUT2D eigenvalue weighted by atomic mass is 35.5. The summed E-state index contributed by atoms with van der Waals surface area (Å²) >= 11 is 7.48. The van der Waals surface area contributed by atoms with Crippen LogP contribution in [-0.2, 0) is 15.6 Å². The summed E-state index contributed by atoms with van der Waals surface area (Å²) in [6.45, 7) is 1.79. The van der Waals surface area contributed by atoms with Gasteiger partial charge in [0.05, 0.1) is 12.8 Å². The molecule has 1 fully saturated rings. The lowest BCUT2D eigenvalue weighted by molar-refractivity contribution is -0.163. The highest BCUT2D eigenvalue weighted by Gasteiger charge is 2.36. The molecule has 0 N–H and O–H groups in total. The Labute approximate surface area is 168 Å². The molecule has 2 aliphatic rings. The Balaban J connectivity index is 1.69. The Bertz CT molecular complexity index is 840. The van der Waals surface area contributed by atoms with Crippen molar-refractivity contribution in [2.24, 2.45) is 5.92 Å². The van der Waals surface area contributed by atoms with Gasteiger partial charge in [-0.25, -0.2) is 9.19 Å². The number of hydrogen-bond donors (Lipinski definition) is 0. The van der Waals surface area contributed by atoms with Crippen LogP contribution in [-0.4, -0.2) is 35.3 Å². The molecule has 0 amide bonds. The van der Waals surface area contributed by atoms with Crippen LogP contribution >= 0.6 is 23.8 Å². The minimum Gasteiger partial charge on any atom is -0.294 e. The molecule has 1 aliphatic carbocycles. The van der Waals surface area contributed by atoms with Crippen LogP contribution < -0.4 is 0 Å². The van der Waals surface area contributed by atoms with Crippen LogP contribution in [0.5, 0.6) is 0 Å². The molecule has 0 bridgehead atoms. The summed E-state index contributed by atoms with van der Waals surface area (Å²) in [6, 6.07) is 9.68. The first-order chi connectivity index (χ1) is 13.2. The maximum absolute atomic E-state index is 12.9. The van der Waals surface area contributed by atoms with Crippen LogP contribution in [0.1, 0.15) is 45.9 Å². The second-order valence-corrected chi connectivity index (χ2v) is 8.17. The largest absolute Gasteiger partial charge is 0.294 e. The number of pyridine rings is 1. The molecule has 27 heavy (non-hydrogen) atoms. The number of carbonyl (C=O) groups is 1. The van der Waals surface area contributed by atoms with Gasteiger partial charge in [0.1, 0.15) is 12.2 Å². The van der Waals surface area contributed by atoms with Gasteiger partial charge in [-0.05, 0) is 54.2 Å². The highest BCUT2D eigenvalue weighted by molar-refractivity contribution is 7.92. The summed E-state index contributed by atoms with van der Waals surface area (Å²) in [4.78, 5) is 22.2. The molecule has 0 radical (unpaired) electrons. The number of halogens is 1. The predicted molar refractivity (Wildman–Crippen MR) is 106 cm³/mol. The molecule has 5 nitrogen and oxygen atoms in total. The van der Waals surface area contributed by atoms with Crippen molar-refractivity contribution in [3.8, 4) is 0 Å². The van der Waals surface area contributed by atoms with E-state index in [1.165, 1.54) is 24.9 Å². The monoisotopic (exact) mass is 404 g/mol. The van der Waals surface area contributed by atoms with Crippen molar-refractivity contribution >= 4 is 29.6 Å². The van der Waals surface area contributed by atoms with Crippen molar-refractivity contribution in [2.45, 2.75) is 25.2 Å². The van der Waals surface area contributed by atoms with Crippen LogP contribution in [0.3, 0.4) is 0 Å². The lowest BCUT2D eigenvalue weighted by atomic mass is 9.77. The third-order valence-electron chi connectivity index (χ3n) is 5.40. The standard InChI is InChI=1S/C20H21ClN2O3S/c1-25-26-27-23-9-6-13(7-10-23)19-16-5-4-15(21)11-14(16)12-18(24)17-3-2-8-22-20(17)19/h2-5,8,11,13,19H,6-7,9-10,12H2,1H3. The van der Waals surface area contributed by atoms with Gasteiger partial charge in [-0.15, -0.1) is 4.33 Å². The van der Waals surface area contributed by atoms with Crippen molar-refractivity contribution in [3.63, 3.8) is 0 Å². The number of benzene rings is 1. The molecule has 4 rings (SSSR count). The summed E-state index contributed by atoms with van der Waals surface area (Å²) in [7, 11) is 1.51. The Morgan fingerprint density at radius 1 is 1.26 bits per heavy atom. The quantitative estimate of drug-likeness (QED) is 0.324. The Kier molecular flexibility index (Phi) is 5.80. The van der Waals surface area contributed by atoms with Crippen molar-refractivity contribution < 1.29 is 14.0 Å². The molecule has 0 spiro atoms. The van der Waals surface area contributed by atoms with E-state index in [1.54, 1.807) is 6.20 Å². The molecule has 142 valence electrons. The van der Waals surface area contributed by atoms with Gasteiger partial charge in [0.15, 0.2) is 5.78 Å². The van der Waals surface area contributed by atoms with Crippen LogP contribution in [0.15, 0.2) is 36.5 Å². The fourth-order valence-electron chi connectivity index (χ4n) is 4.18. The number of hydrogen-bond acceptors (Lipinski definition) is 6. The highest BCUT2D eigenvalue weighted by Crippen LogP contribution is 2.43. The van der Waals surface area contributed by atoms with Crippen LogP contribution in [0.2, 0.25) is 5.02 Å². The maximum atomic E-state index is 12.9. The Morgan fingerprint density at radius 2 is 2.07 bits per heavy atom. The van der Waals surface area contributed by atoms with E-state index in [-0.39, 0.29) is 11.7 Å². The summed E-state index contributed by atoms with van der Waals surface area (Å²) in [5.74, 6) is 0.630. The second kappa shape index (κ2) is 8.29. The molecule has 1 saturated heterocycles. The van der Waals surface area contributed by atoms with E-state index < -0.39 is 0 Å². The van der Waals surface area contributed by atoms with Gasteiger partial charge in [0.2, 0.25) is 0 Å². The molecule has 1 aromatic carbocycles. The third-order valence-corrected chi connectivity index (χ3v) is 6.41. The first-order valence-electron chi connectivity index (χ1n) is 9.06. The van der Waals surface area contributed by atoms with Crippen molar-refractivity contribution in [2.75, 3.05) is 20.2 Å². The molecule has 1 aromatic heterocycles. The van der Waals surface area contributed by atoms with E-state index in [0.29, 0.717) is 17.4 Å². The van der Waals surface area contributed by atoms with Crippen LogP contribution in [0, 0.1) is 5.92 Å². The number of nitrogens with zero attached hydrogens (tertiary/aromatic N) is 2. The van der Waals surface area contributed by atoms with Gasteiger partial charge in [-0.1, -0.05) is 17.7 Å². The molecule has 0 saturated carbocycles. The summed E-state index contributed by atoms with van der Waals surface area (Å²) in [5.41, 5.74) is 3.86. The predicted octanol–water partition coefficient (Wildman–Crippen LogP) is 4.46. The molecule has 2 heterocycles. The van der Waals surface area contributed by atoms with Gasteiger partial charge in [-0.3, -0.25) is 9.78 Å². The zero-order valence-electron chi connectivity index (χ0n) is 15.1. The minimum absolute atomic E-state index is 0.107. The van der Waals surface area contributed by atoms with Crippen LogP contribution in [0.4, 0.5) is 0 Å². The normalized spacial score (nSPS) is 20.8. The lowest BCUT2D eigenvalue weighted by Gasteiger charge is -2.35. The zero-order valence-corrected chi connectivity index (χ0v) is 16.6. The number of carbonyl (C=O) groups excluding carboxylic acids is 1. The van der Waals surface area contributed by atoms with Gasteiger partial charge < -0.3 is 0 Å². The number of Topliss-reactive ketones (excluding diaryl/α,β-unsaturated/α-hetero) is 1. The Morgan fingerprint density at radius 3 is 2.85 bits per heavy atom. The van der Waals surface area contributed by atoms with Gasteiger partial charge >= 0.3 is 0 Å². The fourth-order valence-corrected chi connectivity index (χ4v) is 4.88. The van der Waals surface area contributed by atoms with Crippen molar-refractivity contribution in [1.82, 2.24) is 9.29 Å². The maximum Gasteiger partial charge on any atom is 0.169 e. The number of fused-ring (bicyclic) bond motifs is 2. The van der Waals surface area contributed by atoms with Gasteiger partial charge in [0, 0.05) is 42.2 Å². The van der Waals surface area contributed by atoms with E-state index >= 15 is 0 Å². The lowest BCUT2D eigenvalue weighted by Crippen LogP contribution is -2.32. The second-order valence-electron chi connectivity index (χ2n) is 6.93. The summed E-state index contributed by atoms with van der Waals surface area (Å²) in [6.07, 6.45) is 4.16. The average molecular weight is 405 g/mol. The summed E-state index contributed by atoms with van der Waals surface area (Å²) < 4.78 is 7.14. The molecule has 2 aromatic rings. The molecular formula is C20H21ClN2O3S. The number of piperidine rings is 1. The molecule has 1 atom stereocenters. The SMILES string of the molecule is COOSN1CCC(C2c3ccc(Cl)cc3CC(=O)c3cccnc32)CC1. The van der Waals surface area contributed by atoms with E-state index in [4.69, 9.17) is 15.9 Å². The molecular weight excluding hydrogens is 384 g/mol. The first kappa shape index (κ1) is 18.9. The summed E-state index contributed by atoms with van der Waals surface area (Å²) in [5, 5.41) is 0.669. The smallest absolute Gasteiger partial charge is 0.169 e. The zero-order chi connectivity index (χ0) is 18.8. The van der Waals surface area contributed by atoms with E-state index in [0.717, 1.165) is 42.8 Å². The van der Waals surface area contributed by atoms with E-state index in [9.17, 15) is 4.79 Å². The average Bonchev–Trinajstić information content (AvgIpc) is 2.81. The number of aromatic nitrogens is 1. The number of rotatable bonds is 4. The van der Waals surface area contributed by atoms with E-state index in [1.807, 2.05) is 24.3 Å². The van der Waals surface area contributed by atoms with Gasteiger partial charge in [0.25, 0.3) is 0 Å². The topological polar surface area (TPSA) is 51.7 Å². The fraction of sp³-hybridized carbons (Fsp3) is 0.400. The molecule has 1 unspecified atom stereocenters. The van der Waals surface area contributed by atoms with Crippen molar-refractivity contribution in [1.29, 1.82) is 0 Å².